The lowest BCUT2D eigenvalue weighted by atomic mass is 9.71. The summed E-state index contributed by atoms with van der Waals surface area (Å²) >= 11 is 0. The van der Waals surface area contributed by atoms with Crippen LogP contribution in [-0.2, 0) is 0 Å². The van der Waals surface area contributed by atoms with E-state index in [1.165, 1.54) is 12.8 Å². The normalized spacial score (nSPS) is 39.4. The van der Waals surface area contributed by atoms with E-state index in [1.54, 1.807) is 0 Å². The molecule has 3 aliphatic rings. The van der Waals surface area contributed by atoms with Gasteiger partial charge in [0.2, 0.25) is 0 Å². The summed E-state index contributed by atoms with van der Waals surface area (Å²) in [4.78, 5) is 2.48. The van der Waals surface area contributed by atoms with E-state index in [0.717, 1.165) is 19.4 Å². The third-order valence-electron chi connectivity index (χ3n) is 5.64. The van der Waals surface area contributed by atoms with Crippen LogP contribution in [0.2, 0.25) is 0 Å². The summed E-state index contributed by atoms with van der Waals surface area (Å²) in [6, 6.07) is 0. The van der Waals surface area contributed by atoms with Crippen molar-refractivity contribution in [2.75, 3.05) is 6.54 Å². The van der Waals surface area contributed by atoms with Crippen molar-refractivity contribution >= 4 is 0 Å². The zero-order chi connectivity index (χ0) is 12.5. The number of halogens is 2. The lowest BCUT2D eigenvalue weighted by Gasteiger charge is -2.55. The molecule has 0 aromatic carbocycles. The fourth-order valence-electron chi connectivity index (χ4n) is 4.84. The largest absolute Gasteiger partial charge is 0.291 e. The van der Waals surface area contributed by atoms with Crippen molar-refractivity contribution < 1.29 is 8.78 Å². The van der Waals surface area contributed by atoms with Crippen molar-refractivity contribution in [3.05, 3.63) is 0 Å². The van der Waals surface area contributed by atoms with Gasteiger partial charge in [-0.05, 0) is 37.6 Å². The Labute approximate surface area is 103 Å². The van der Waals surface area contributed by atoms with Gasteiger partial charge in [-0.2, -0.15) is 0 Å². The predicted molar refractivity (Wildman–Crippen MR) is 64.3 cm³/mol. The van der Waals surface area contributed by atoms with Crippen LogP contribution in [0.5, 0.6) is 0 Å². The third-order valence-corrected chi connectivity index (χ3v) is 5.64. The van der Waals surface area contributed by atoms with Crippen LogP contribution in [-0.4, -0.2) is 28.4 Å². The monoisotopic (exact) mass is 243 g/mol. The lowest BCUT2D eigenvalue weighted by Crippen LogP contribution is -2.64. The van der Waals surface area contributed by atoms with Gasteiger partial charge in [-0.25, -0.2) is 8.78 Å². The molecule has 1 aliphatic carbocycles. The third kappa shape index (κ3) is 1.38. The maximum Gasteiger partial charge on any atom is 0.251 e. The summed E-state index contributed by atoms with van der Waals surface area (Å²) in [5, 5.41) is 0. The number of fused-ring (bicyclic) bond motifs is 2. The van der Waals surface area contributed by atoms with Gasteiger partial charge in [0.25, 0.3) is 5.92 Å². The van der Waals surface area contributed by atoms with Crippen LogP contribution in [0.1, 0.15) is 59.3 Å². The van der Waals surface area contributed by atoms with Gasteiger partial charge in [0.15, 0.2) is 0 Å². The van der Waals surface area contributed by atoms with E-state index in [4.69, 9.17) is 0 Å². The smallest absolute Gasteiger partial charge is 0.251 e. The minimum absolute atomic E-state index is 0.109. The molecule has 0 aromatic rings. The number of rotatable bonds is 0. The van der Waals surface area contributed by atoms with Crippen molar-refractivity contribution in [1.29, 1.82) is 0 Å². The molecule has 3 rings (SSSR count). The maximum absolute atomic E-state index is 13.3. The molecule has 3 heteroatoms. The minimum atomic E-state index is -2.39. The first kappa shape index (κ1) is 11.9. The molecular weight excluding hydrogens is 220 g/mol. The fourth-order valence-corrected chi connectivity index (χ4v) is 4.84. The van der Waals surface area contributed by atoms with Crippen molar-refractivity contribution in [2.24, 2.45) is 5.41 Å². The van der Waals surface area contributed by atoms with E-state index in [1.807, 2.05) is 0 Å². The first-order valence-electron chi connectivity index (χ1n) is 6.87. The number of nitrogens with zero attached hydrogens (tertiary/aromatic N) is 1. The summed E-state index contributed by atoms with van der Waals surface area (Å²) in [6.45, 7) is 7.87. The molecule has 98 valence electrons. The molecule has 0 radical (unpaired) electrons. The molecule has 1 unspecified atom stereocenters. The van der Waals surface area contributed by atoms with Crippen LogP contribution in [0, 0.1) is 5.41 Å². The zero-order valence-electron chi connectivity index (χ0n) is 11.2. The predicted octanol–water partition coefficient (Wildman–Crippen LogP) is 3.83. The van der Waals surface area contributed by atoms with Gasteiger partial charge in [0.1, 0.15) is 0 Å². The molecule has 3 fully saturated rings. The Morgan fingerprint density at radius 1 is 1.00 bits per heavy atom. The Morgan fingerprint density at radius 2 is 1.65 bits per heavy atom. The van der Waals surface area contributed by atoms with Gasteiger partial charge >= 0.3 is 0 Å². The zero-order valence-corrected chi connectivity index (χ0v) is 11.2. The van der Waals surface area contributed by atoms with E-state index in [-0.39, 0.29) is 29.3 Å². The Hall–Kier alpha value is -0.180. The highest BCUT2D eigenvalue weighted by Gasteiger charge is 2.69. The van der Waals surface area contributed by atoms with E-state index in [2.05, 4.69) is 25.7 Å². The Kier molecular flexibility index (Phi) is 2.12. The molecule has 2 saturated heterocycles. The Bertz CT molecular complexity index is 337. The molecule has 2 heterocycles. The quantitative estimate of drug-likeness (QED) is 0.625. The maximum atomic E-state index is 13.3. The van der Waals surface area contributed by atoms with Crippen LogP contribution in [0.4, 0.5) is 8.78 Å². The van der Waals surface area contributed by atoms with Crippen molar-refractivity contribution in [2.45, 2.75) is 76.3 Å². The molecule has 1 atom stereocenters. The summed E-state index contributed by atoms with van der Waals surface area (Å²) in [7, 11) is 0. The number of hydrogen-bond donors (Lipinski definition) is 0. The van der Waals surface area contributed by atoms with E-state index >= 15 is 0 Å². The standard InChI is InChI=1S/C14H23F2N/c1-11(2,3)13-5-4-8-17(13)12(6-7-13)9-14(15,16)10-12/h4-10H2,1-3H3. The number of alkyl halides is 2. The summed E-state index contributed by atoms with van der Waals surface area (Å²) in [5.74, 6) is -2.39. The summed E-state index contributed by atoms with van der Waals surface area (Å²) < 4.78 is 26.6. The molecule has 1 nitrogen and oxygen atoms in total. The molecule has 1 spiro atoms. The minimum Gasteiger partial charge on any atom is -0.291 e. The van der Waals surface area contributed by atoms with E-state index in [0.29, 0.717) is 0 Å². The molecule has 17 heavy (non-hydrogen) atoms. The second kappa shape index (κ2) is 3.04. The Morgan fingerprint density at radius 3 is 2.18 bits per heavy atom. The van der Waals surface area contributed by atoms with Crippen molar-refractivity contribution in [3.63, 3.8) is 0 Å². The number of hydrogen-bond acceptors (Lipinski definition) is 1. The van der Waals surface area contributed by atoms with Crippen LogP contribution >= 0.6 is 0 Å². The molecule has 0 amide bonds. The average molecular weight is 243 g/mol. The van der Waals surface area contributed by atoms with E-state index < -0.39 is 5.92 Å². The molecule has 1 saturated carbocycles. The van der Waals surface area contributed by atoms with Gasteiger partial charge in [-0.15, -0.1) is 0 Å². The van der Waals surface area contributed by atoms with Gasteiger partial charge < -0.3 is 0 Å². The first-order chi connectivity index (χ1) is 7.71. The first-order valence-corrected chi connectivity index (χ1v) is 6.87. The second-order valence-corrected chi connectivity index (χ2v) is 7.47. The summed E-state index contributed by atoms with van der Waals surface area (Å²) in [6.07, 6.45) is 4.70. The van der Waals surface area contributed by atoms with Gasteiger partial charge in [0, 0.05) is 23.9 Å². The Balaban J connectivity index is 1.91. The van der Waals surface area contributed by atoms with Crippen LogP contribution in [0.3, 0.4) is 0 Å². The fraction of sp³-hybridized carbons (Fsp3) is 1.00. The van der Waals surface area contributed by atoms with Crippen molar-refractivity contribution in [1.82, 2.24) is 4.90 Å². The highest BCUT2D eigenvalue weighted by molar-refractivity contribution is 5.21. The molecule has 0 bridgehead atoms. The second-order valence-electron chi connectivity index (χ2n) is 7.47. The van der Waals surface area contributed by atoms with Gasteiger partial charge in [-0.3, -0.25) is 4.90 Å². The molecular formula is C14H23F2N. The topological polar surface area (TPSA) is 3.24 Å². The molecule has 2 aliphatic heterocycles. The van der Waals surface area contributed by atoms with Crippen molar-refractivity contribution in [3.8, 4) is 0 Å². The highest BCUT2D eigenvalue weighted by Crippen LogP contribution is 2.64. The van der Waals surface area contributed by atoms with Gasteiger partial charge in [-0.1, -0.05) is 20.8 Å². The highest BCUT2D eigenvalue weighted by atomic mass is 19.3. The van der Waals surface area contributed by atoms with Gasteiger partial charge in [0.05, 0.1) is 0 Å². The van der Waals surface area contributed by atoms with Crippen LogP contribution < -0.4 is 0 Å². The average Bonchev–Trinajstić information content (AvgIpc) is 2.63. The van der Waals surface area contributed by atoms with Crippen LogP contribution in [0.25, 0.3) is 0 Å². The lowest BCUT2D eigenvalue weighted by molar-refractivity contribution is -0.178. The SMILES string of the molecule is CC(C)(C)C12CCCN1C1(CC2)CC(F)(F)C1. The summed E-state index contributed by atoms with van der Waals surface area (Å²) in [5.41, 5.74) is 0.259. The van der Waals surface area contributed by atoms with E-state index in [9.17, 15) is 8.78 Å². The molecule has 0 N–H and O–H groups in total. The molecule has 0 aromatic heterocycles. The van der Waals surface area contributed by atoms with Crippen LogP contribution in [0.15, 0.2) is 0 Å².